The van der Waals surface area contributed by atoms with Gasteiger partial charge in [0, 0.05) is 12.6 Å². The molecule has 1 saturated heterocycles. The second-order valence-electron chi connectivity index (χ2n) is 5.42. The lowest BCUT2D eigenvalue weighted by Crippen LogP contribution is -2.50. The van der Waals surface area contributed by atoms with Crippen molar-refractivity contribution in [3.8, 4) is 0 Å². The number of hydrogen-bond donors (Lipinski definition) is 1. The number of hydrogen-bond acceptors (Lipinski definition) is 4. The Morgan fingerprint density at radius 3 is 2.78 bits per heavy atom. The lowest BCUT2D eigenvalue weighted by atomic mass is 9.97. The van der Waals surface area contributed by atoms with Gasteiger partial charge in [-0.1, -0.05) is 26.7 Å². The molecule has 0 spiro atoms. The summed E-state index contributed by atoms with van der Waals surface area (Å²) in [6.07, 6.45) is 4.78. The Hall–Kier alpha value is -0.610. The summed E-state index contributed by atoms with van der Waals surface area (Å²) in [5.41, 5.74) is 0. The van der Waals surface area contributed by atoms with Gasteiger partial charge in [-0.05, 0) is 32.4 Å². The minimum atomic E-state index is -0.171. The zero-order chi connectivity index (χ0) is 13.5. The normalized spacial score (nSPS) is 24.6. The molecule has 0 radical (unpaired) electrons. The molecule has 106 valence electrons. The summed E-state index contributed by atoms with van der Waals surface area (Å²) in [6, 6.07) is 0.380. The number of rotatable bonds is 6. The molecule has 0 bridgehead atoms. The molecule has 1 rings (SSSR count). The van der Waals surface area contributed by atoms with Crippen LogP contribution in [0.5, 0.6) is 0 Å². The first-order valence-electron chi connectivity index (χ1n) is 7.11. The zero-order valence-corrected chi connectivity index (χ0v) is 12.2. The van der Waals surface area contributed by atoms with E-state index in [1.165, 1.54) is 32.9 Å². The smallest absolute Gasteiger partial charge is 0.323 e. The summed E-state index contributed by atoms with van der Waals surface area (Å²) in [4.78, 5) is 14.2. The molecule has 0 aromatic carbocycles. The van der Waals surface area contributed by atoms with Crippen LogP contribution in [0.1, 0.15) is 39.5 Å². The van der Waals surface area contributed by atoms with Gasteiger partial charge in [0.2, 0.25) is 0 Å². The average Bonchev–Trinajstić information content (AvgIpc) is 2.40. The van der Waals surface area contributed by atoms with E-state index in [9.17, 15) is 4.79 Å². The standard InChI is InChI=1S/C14H28N2O2/c1-5-11(2)13(14(17)18-4)15-10-12-8-6-7-9-16(12)3/h11-13,15H,5-10H2,1-4H3. The number of likely N-dealkylation sites (N-methyl/N-ethyl adjacent to an activating group) is 1. The van der Waals surface area contributed by atoms with Crippen LogP contribution in [0.3, 0.4) is 0 Å². The molecule has 0 saturated carbocycles. The van der Waals surface area contributed by atoms with Crippen molar-refractivity contribution in [2.75, 3.05) is 27.2 Å². The van der Waals surface area contributed by atoms with E-state index in [0.717, 1.165) is 13.0 Å². The van der Waals surface area contributed by atoms with E-state index in [0.29, 0.717) is 12.0 Å². The first-order chi connectivity index (χ1) is 8.60. The summed E-state index contributed by atoms with van der Waals surface area (Å²) >= 11 is 0. The number of methoxy groups -OCH3 is 1. The molecule has 4 nitrogen and oxygen atoms in total. The minimum absolute atomic E-state index is 0.136. The van der Waals surface area contributed by atoms with Crippen LogP contribution in [-0.4, -0.2) is 50.2 Å². The molecule has 3 unspecified atom stereocenters. The summed E-state index contributed by atoms with van der Waals surface area (Å²) in [5.74, 6) is 0.175. The van der Waals surface area contributed by atoms with Crippen molar-refractivity contribution >= 4 is 5.97 Å². The van der Waals surface area contributed by atoms with Crippen LogP contribution in [0.2, 0.25) is 0 Å². The van der Waals surface area contributed by atoms with Crippen LogP contribution in [0.15, 0.2) is 0 Å². The van der Waals surface area contributed by atoms with Gasteiger partial charge >= 0.3 is 5.97 Å². The van der Waals surface area contributed by atoms with Gasteiger partial charge < -0.3 is 15.0 Å². The second kappa shape index (κ2) is 7.74. The molecule has 1 N–H and O–H groups in total. The maximum Gasteiger partial charge on any atom is 0.323 e. The lowest BCUT2D eigenvalue weighted by molar-refractivity contribution is -0.144. The van der Waals surface area contributed by atoms with Crippen molar-refractivity contribution in [3.63, 3.8) is 0 Å². The topological polar surface area (TPSA) is 41.6 Å². The SMILES string of the molecule is CCC(C)C(NCC1CCCCN1C)C(=O)OC. The molecule has 3 atom stereocenters. The maximum absolute atomic E-state index is 11.8. The van der Waals surface area contributed by atoms with Crippen molar-refractivity contribution in [2.45, 2.75) is 51.6 Å². The number of esters is 1. The average molecular weight is 256 g/mol. The van der Waals surface area contributed by atoms with Crippen LogP contribution in [0.4, 0.5) is 0 Å². The van der Waals surface area contributed by atoms with Crippen LogP contribution in [-0.2, 0) is 9.53 Å². The molecule has 1 aliphatic rings. The third-order valence-corrected chi connectivity index (χ3v) is 4.16. The van der Waals surface area contributed by atoms with Gasteiger partial charge in [0.25, 0.3) is 0 Å². The largest absolute Gasteiger partial charge is 0.468 e. The molecule has 0 aromatic rings. The number of nitrogens with zero attached hydrogens (tertiary/aromatic N) is 1. The van der Waals surface area contributed by atoms with E-state index in [1.54, 1.807) is 0 Å². The Morgan fingerprint density at radius 2 is 2.22 bits per heavy atom. The highest BCUT2D eigenvalue weighted by molar-refractivity contribution is 5.75. The van der Waals surface area contributed by atoms with Crippen molar-refractivity contribution in [3.05, 3.63) is 0 Å². The number of piperidine rings is 1. The zero-order valence-electron chi connectivity index (χ0n) is 12.2. The molecular weight excluding hydrogens is 228 g/mol. The lowest BCUT2D eigenvalue weighted by Gasteiger charge is -2.34. The summed E-state index contributed by atoms with van der Waals surface area (Å²) < 4.78 is 4.89. The predicted molar refractivity (Wildman–Crippen MR) is 73.5 cm³/mol. The van der Waals surface area contributed by atoms with Gasteiger partial charge in [-0.25, -0.2) is 0 Å². The Balaban J connectivity index is 2.47. The minimum Gasteiger partial charge on any atom is -0.468 e. The first kappa shape index (κ1) is 15.4. The van der Waals surface area contributed by atoms with Crippen molar-refractivity contribution in [1.82, 2.24) is 10.2 Å². The van der Waals surface area contributed by atoms with Gasteiger partial charge in [-0.2, -0.15) is 0 Å². The van der Waals surface area contributed by atoms with Crippen LogP contribution >= 0.6 is 0 Å². The monoisotopic (exact) mass is 256 g/mol. The molecule has 1 fully saturated rings. The third-order valence-electron chi connectivity index (χ3n) is 4.16. The van der Waals surface area contributed by atoms with Crippen molar-refractivity contribution in [1.29, 1.82) is 0 Å². The van der Waals surface area contributed by atoms with Gasteiger partial charge in [-0.15, -0.1) is 0 Å². The highest BCUT2D eigenvalue weighted by atomic mass is 16.5. The van der Waals surface area contributed by atoms with Crippen LogP contribution in [0.25, 0.3) is 0 Å². The molecule has 1 heterocycles. The Morgan fingerprint density at radius 1 is 1.50 bits per heavy atom. The summed E-state index contributed by atoms with van der Waals surface area (Å²) in [7, 11) is 3.63. The molecule has 0 amide bonds. The third kappa shape index (κ3) is 4.25. The van der Waals surface area contributed by atoms with Gasteiger partial charge in [-0.3, -0.25) is 4.79 Å². The van der Waals surface area contributed by atoms with E-state index in [-0.39, 0.29) is 12.0 Å². The quantitative estimate of drug-likeness (QED) is 0.734. The number of carbonyl (C=O) groups excluding carboxylic acids is 1. The Bertz CT molecular complexity index is 258. The van der Waals surface area contributed by atoms with E-state index in [2.05, 4.69) is 31.1 Å². The second-order valence-corrected chi connectivity index (χ2v) is 5.42. The molecule has 0 aromatic heterocycles. The molecule has 18 heavy (non-hydrogen) atoms. The molecule has 4 heteroatoms. The number of ether oxygens (including phenoxy) is 1. The van der Waals surface area contributed by atoms with E-state index in [4.69, 9.17) is 4.74 Å². The van der Waals surface area contributed by atoms with Crippen molar-refractivity contribution < 1.29 is 9.53 Å². The van der Waals surface area contributed by atoms with Crippen LogP contribution < -0.4 is 5.32 Å². The van der Waals surface area contributed by atoms with E-state index < -0.39 is 0 Å². The number of carbonyl (C=O) groups is 1. The van der Waals surface area contributed by atoms with E-state index in [1.807, 2.05) is 0 Å². The Kier molecular flexibility index (Phi) is 6.65. The molecule has 1 aliphatic heterocycles. The highest BCUT2D eigenvalue weighted by Gasteiger charge is 2.26. The fourth-order valence-corrected chi connectivity index (χ4v) is 2.54. The summed E-state index contributed by atoms with van der Waals surface area (Å²) in [5, 5.41) is 3.41. The highest BCUT2D eigenvalue weighted by Crippen LogP contribution is 2.15. The van der Waals surface area contributed by atoms with Crippen LogP contribution in [0, 0.1) is 5.92 Å². The fraction of sp³-hybridized carbons (Fsp3) is 0.929. The first-order valence-corrected chi connectivity index (χ1v) is 7.11. The molecular formula is C14H28N2O2. The number of nitrogens with one attached hydrogen (secondary N) is 1. The maximum atomic E-state index is 11.8. The molecule has 0 aliphatic carbocycles. The predicted octanol–water partition coefficient (Wildman–Crippen LogP) is 1.65. The summed E-state index contributed by atoms with van der Waals surface area (Å²) in [6.45, 7) is 6.24. The van der Waals surface area contributed by atoms with E-state index >= 15 is 0 Å². The van der Waals surface area contributed by atoms with Crippen molar-refractivity contribution in [2.24, 2.45) is 5.92 Å². The van der Waals surface area contributed by atoms with Gasteiger partial charge in [0.05, 0.1) is 7.11 Å². The van der Waals surface area contributed by atoms with Gasteiger partial charge in [0.1, 0.15) is 6.04 Å². The van der Waals surface area contributed by atoms with Gasteiger partial charge in [0.15, 0.2) is 0 Å². The fourth-order valence-electron chi connectivity index (χ4n) is 2.54. The Labute approximate surface area is 111 Å². The number of likely N-dealkylation sites (tertiary alicyclic amines) is 1.